The number of hydrogen-bond donors (Lipinski definition) is 0. The average molecular weight is 385 g/mol. The molecule has 0 spiro atoms. The number of aldehydes is 1. The summed E-state index contributed by atoms with van der Waals surface area (Å²) in [4.78, 5) is 23.1. The molecule has 0 heterocycles. The van der Waals surface area contributed by atoms with E-state index in [2.05, 4.69) is 33.9 Å². The Labute approximate surface area is 161 Å². The van der Waals surface area contributed by atoms with Gasteiger partial charge in [-0.2, -0.15) is 0 Å². The number of carbonyl (C=O) groups is 2. The first-order valence-electron chi connectivity index (χ1n) is 10.4. The van der Waals surface area contributed by atoms with Gasteiger partial charge in [0, 0.05) is 6.42 Å². The summed E-state index contributed by atoms with van der Waals surface area (Å²) in [5.74, 6) is 0.243. The topological polar surface area (TPSA) is 52.6 Å². The molecule has 0 radical (unpaired) electrons. The van der Waals surface area contributed by atoms with E-state index in [0.717, 1.165) is 44.8 Å². The average Bonchev–Trinajstić information content (AvgIpc) is 2.51. The molecule has 0 aromatic heterocycles. The van der Waals surface area contributed by atoms with Crippen molar-refractivity contribution in [3.8, 4) is 0 Å². The Balaban J connectivity index is 3.05. The number of carbonyl (C=O) groups excluding carboxylic acids is 2. The lowest BCUT2D eigenvalue weighted by atomic mass is 9.71. The molecule has 152 valence electrons. The first-order chi connectivity index (χ1) is 12.1. The predicted octanol–water partition coefficient (Wildman–Crippen LogP) is 5.65. The van der Waals surface area contributed by atoms with E-state index in [0.29, 0.717) is 25.4 Å². The molecule has 5 heteroatoms. The van der Waals surface area contributed by atoms with Gasteiger partial charge in [-0.3, -0.25) is 4.79 Å². The summed E-state index contributed by atoms with van der Waals surface area (Å²) in [6.45, 7) is 13.6. The summed E-state index contributed by atoms with van der Waals surface area (Å²) >= 11 is 0. The molecular weight excluding hydrogens is 344 g/mol. The van der Waals surface area contributed by atoms with Crippen molar-refractivity contribution in [2.24, 2.45) is 5.92 Å². The molecule has 0 aromatic carbocycles. The second kappa shape index (κ2) is 10.0. The van der Waals surface area contributed by atoms with Crippen molar-refractivity contribution in [3.63, 3.8) is 0 Å². The molecular formula is C21H40O4Si. The van der Waals surface area contributed by atoms with Crippen LogP contribution in [0.4, 0.5) is 0 Å². The summed E-state index contributed by atoms with van der Waals surface area (Å²) in [7, 11) is -2.01. The predicted molar refractivity (Wildman–Crippen MR) is 109 cm³/mol. The molecule has 26 heavy (non-hydrogen) atoms. The number of esters is 1. The highest BCUT2D eigenvalue weighted by Crippen LogP contribution is 2.48. The van der Waals surface area contributed by atoms with Gasteiger partial charge in [0.15, 0.2) is 8.32 Å². The highest BCUT2D eigenvalue weighted by molar-refractivity contribution is 6.74. The first kappa shape index (κ1) is 23.4. The number of rotatable bonds is 10. The molecule has 0 aromatic rings. The van der Waals surface area contributed by atoms with Gasteiger partial charge in [0.2, 0.25) is 0 Å². The van der Waals surface area contributed by atoms with Crippen molar-refractivity contribution < 1.29 is 18.8 Å². The monoisotopic (exact) mass is 384 g/mol. The van der Waals surface area contributed by atoms with E-state index in [4.69, 9.17) is 9.16 Å². The minimum absolute atomic E-state index is 0.105. The van der Waals surface area contributed by atoms with Gasteiger partial charge in [0.05, 0.1) is 18.6 Å². The van der Waals surface area contributed by atoms with Crippen LogP contribution in [0.5, 0.6) is 0 Å². The minimum Gasteiger partial charge on any atom is -0.466 e. The van der Waals surface area contributed by atoms with Crippen LogP contribution in [0.3, 0.4) is 0 Å². The molecule has 0 N–H and O–H groups in total. The molecule has 1 fully saturated rings. The van der Waals surface area contributed by atoms with Crippen LogP contribution >= 0.6 is 0 Å². The van der Waals surface area contributed by atoms with Crippen molar-refractivity contribution in [1.82, 2.24) is 0 Å². The SMILES string of the molecule is CCOC(=O)CC1(O[Si](C)(C)C(C)(C)C)CCCCC1CCCCC=O. The smallest absolute Gasteiger partial charge is 0.308 e. The fourth-order valence-electron chi connectivity index (χ4n) is 3.83. The van der Waals surface area contributed by atoms with E-state index in [9.17, 15) is 9.59 Å². The zero-order chi connectivity index (χ0) is 19.8. The maximum absolute atomic E-state index is 12.4. The molecule has 1 rings (SSSR count). The van der Waals surface area contributed by atoms with Crippen LogP contribution in [0, 0.1) is 5.92 Å². The van der Waals surface area contributed by atoms with E-state index in [1.807, 2.05) is 6.92 Å². The van der Waals surface area contributed by atoms with Gasteiger partial charge in [-0.1, -0.05) is 40.0 Å². The van der Waals surface area contributed by atoms with Crippen molar-refractivity contribution in [2.45, 2.75) is 109 Å². The van der Waals surface area contributed by atoms with E-state index < -0.39 is 13.9 Å². The van der Waals surface area contributed by atoms with Gasteiger partial charge >= 0.3 is 5.97 Å². The molecule has 4 nitrogen and oxygen atoms in total. The van der Waals surface area contributed by atoms with E-state index >= 15 is 0 Å². The zero-order valence-electron chi connectivity index (χ0n) is 17.9. The fourth-order valence-corrected chi connectivity index (χ4v) is 5.49. The molecule has 2 unspecified atom stereocenters. The third kappa shape index (κ3) is 6.49. The van der Waals surface area contributed by atoms with Crippen LogP contribution in [-0.2, 0) is 18.8 Å². The third-order valence-corrected chi connectivity index (χ3v) is 10.8. The van der Waals surface area contributed by atoms with Gasteiger partial charge in [0.25, 0.3) is 0 Å². The number of unbranched alkanes of at least 4 members (excludes halogenated alkanes) is 2. The van der Waals surface area contributed by atoms with Crippen LogP contribution < -0.4 is 0 Å². The Morgan fingerprint density at radius 1 is 1.23 bits per heavy atom. The molecule has 1 aliphatic carbocycles. The normalized spacial score (nSPS) is 24.3. The Morgan fingerprint density at radius 2 is 1.92 bits per heavy atom. The second-order valence-corrected chi connectivity index (χ2v) is 14.0. The van der Waals surface area contributed by atoms with Crippen LogP contribution in [0.15, 0.2) is 0 Å². The molecule has 1 saturated carbocycles. The van der Waals surface area contributed by atoms with Gasteiger partial charge in [0.1, 0.15) is 6.29 Å². The summed E-state index contributed by atoms with van der Waals surface area (Å²) < 4.78 is 12.3. The van der Waals surface area contributed by atoms with Crippen molar-refractivity contribution in [2.75, 3.05) is 6.61 Å². The third-order valence-electron chi connectivity index (χ3n) is 6.28. The Morgan fingerprint density at radius 3 is 2.50 bits per heavy atom. The molecule has 0 saturated heterocycles. The molecule has 1 aliphatic rings. The summed E-state index contributed by atoms with van der Waals surface area (Å²) in [6, 6.07) is 0. The quantitative estimate of drug-likeness (QED) is 0.211. The van der Waals surface area contributed by atoms with E-state index in [-0.39, 0.29) is 11.0 Å². The highest BCUT2D eigenvalue weighted by atomic mass is 28.4. The first-order valence-corrected chi connectivity index (χ1v) is 13.3. The van der Waals surface area contributed by atoms with Crippen molar-refractivity contribution >= 4 is 20.6 Å². The van der Waals surface area contributed by atoms with Gasteiger partial charge in [-0.25, -0.2) is 0 Å². The van der Waals surface area contributed by atoms with E-state index in [1.54, 1.807) is 0 Å². The highest BCUT2D eigenvalue weighted by Gasteiger charge is 2.50. The molecule has 0 aliphatic heterocycles. The minimum atomic E-state index is -2.01. The maximum Gasteiger partial charge on any atom is 0.308 e. The van der Waals surface area contributed by atoms with Gasteiger partial charge in [-0.15, -0.1) is 0 Å². The van der Waals surface area contributed by atoms with Gasteiger partial charge in [-0.05, 0) is 56.7 Å². The van der Waals surface area contributed by atoms with Crippen molar-refractivity contribution in [1.29, 1.82) is 0 Å². The summed E-state index contributed by atoms with van der Waals surface area (Å²) in [5.41, 5.74) is -0.394. The van der Waals surface area contributed by atoms with Gasteiger partial charge < -0.3 is 14.0 Å². The lowest BCUT2D eigenvalue weighted by Crippen LogP contribution is -2.55. The Bertz CT molecular complexity index is 455. The summed E-state index contributed by atoms with van der Waals surface area (Å²) in [6.07, 6.45) is 9.33. The lowest BCUT2D eigenvalue weighted by molar-refractivity contribution is -0.152. The molecule has 0 amide bonds. The number of hydrogen-bond acceptors (Lipinski definition) is 4. The van der Waals surface area contributed by atoms with Crippen LogP contribution in [0.1, 0.15) is 85.5 Å². The maximum atomic E-state index is 12.4. The second-order valence-electron chi connectivity index (χ2n) is 9.30. The van der Waals surface area contributed by atoms with Crippen LogP contribution in [0.25, 0.3) is 0 Å². The number of ether oxygens (including phenoxy) is 1. The van der Waals surface area contributed by atoms with Crippen molar-refractivity contribution in [3.05, 3.63) is 0 Å². The Kier molecular flexibility index (Phi) is 9.00. The lowest BCUT2D eigenvalue weighted by Gasteiger charge is -2.51. The summed E-state index contributed by atoms with van der Waals surface area (Å²) in [5, 5.41) is 0.105. The largest absolute Gasteiger partial charge is 0.466 e. The van der Waals surface area contributed by atoms with Crippen LogP contribution in [0.2, 0.25) is 18.1 Å². The molecule has 2 atom stereocenters. The molecule has 0 bridgehead atoms. The standard InChI is InChI=1S/C21H40O4Si/c1-7-24-19(23)17-21(25-26(5,6)20(2,3)4)15-11-10-14-18(21)13-9-8-12-16-22/h16,18H,7-15,17H2,1-6H3. The Hall–Kier alpha value is -0.683. The zero-order valence-corrected chi connectivity index (χ0v) is 18.9. The fraction of sp³-hybridized carbons (Fsp3) is 0.905. The van der Waals surface area contributed by atoms with E-state index in [1.165, 1.54) is 6.42 Å². The van der Waals surface area contributed by atoms with Crippen LogP contribution in [-0.4, -0.2) is 32.8 Å².